The summed E-state index contributed by atoms with van der Waals surface area (Å²) in [4.78, 5) is 69.7. The van der Waals surface area contributed by atoms with Crippen molar-refractivity contribution in [3.8, 4) is 0 Å². The first-order valence-corrected chi connectivity index (χ1v) is 19.2. The van der Waals surface area contributed by atoms with E-state index in [1.165, 1.54) is 51.9 Å². The van der Waals surface area contributed by atoms with Gasteiger partial charge in [0.25, 0.3) is 5.91 Å². The van der Waals surface area contributed by atoms with Crippen LogP contribution in [0.5, 0.6) is 0 Å². The highest BCUT2D eigenvalue weighted by Crippen LogP contribution is 2.42. The van der Waals surface area contributed by atoms with Crippen LogP contribution in [0.1, 0.15) is 11.6 Å². The largest absolute Gasteiger partial charge is 0.477 e. The molecule has 2 saturated heterocycles. The number of halogens is 3. The van der Waals surface area contributed by atoms with Crippen molar-refractivity contribution in [3.63, 3.8) is 0 Å². The molecule has 0 aliphatic carbocycles. The Labute approximate surface area is 301 Å². The molecule has 2 fully saturated rings. The molecule has 4 atom stereocenters. The number of carboxylic acids is 2. The van der Waals surface area contributed by atoms with Crippen LogP contribution in [-0.4, -0.2) is 137 Å². The third-order valence-corrected chi connectivity index (χ3v) is 12.4. The molecule has 50 heavy (non-hydrogen) atoms. The monoisotopic (exact) mass is 796 g/mol. The highest BCUT2D eigenvalue weighted by molar-refractivity contribution is 8.01. The van der Waals surface area contributed by atoms with E-state index < -0.39 is 64.2 Å². The van der Waals surface area contributed by atoms with Crippen molar-refractivity contribution in [1.82, 2.24) is 45.5 Å². The predicted octanol–water partition coefficient (Wildman–Crippen LogP) is 0.983. The number of carbonyl (C=O) groups is 5. The van der Waals surface area contributed by atoms with Gasteiger partial charge in [0, 0.05) is 23.0 Å². The Balaban J connectivity index is 0.000000204. The number of H-pyrrole nitrogens is 2. The van der Waals surface area contributed by atoms with Crippen LogP contribution in [0.3, 0.4) is 0 Å². The van der Waals surface area contributed by atoms with Crippen molar-refractivity contribution in [1.29, 1.82) is 0 Å². The van der Waals surface area contributed by atoms with Crippen molar-refractivity contribution in [2.45, 2.75) is 52.5 Å². The van der Waals surface area contributed by atoms with Gasteiger partial charge in [-0.25, -0.2) is 19.6 Å². The molecule has 6 heterocycles. The van der Waals surface area contributed by atoms with Crippen molar-refractivity contribution in [2.24, 2.45) is 5.73 Å². The Morgan fingerprint density at radius 2 is 1.38 bits per heavy atom. The lowest BCUT2D eigenvalue weighted by atomic mass is 10.0. The molecular weight excluding hydrogens is 770 g/mol. The minimum atomic E-state index is -4.56. The van der Waals surface area contributed by atoms with Gasteiger partial charge in [0.05, 0.1) is 5.75 Å². The van der Waals surface area contributed by atoms with E-state index in [-0.39, 0.29) is 34.2 Å². The smallest absolute Gasteiger partial charge is 0.442 e. The first kappa shape index (κ1) is 37.9. The van der Waals surface area contributed by atoms with Gasteiger partial charge < -0.3 is 21.3 Å². The van der Waals surface area contributed by atoms with Gasteiger partial charge in [-0.1, -0.05) is 23.5 Å². The topological polar surface area (TPSA) is 253 Å². The number of nitrogens with two attached hydrogens (primary N) is 1. The minimum Gasteiger partial charge on any atom is -0.477 e. The molecule has 7 N–H and O–H groups in total. The van der Waals surface area contributed by atoms with Crippen LogP contribution < -0.4 is 11.1 Å². The molecule has 6 rings (SSSR count). The van der Waals surface area contributed by atoms with Gasteiger partial charge in [-0.2, -0.15) is 13.2 Å². The van der Waals surface area contributed by atoms with Crippen LogP contribution in [0.4, 0.5) is 13.2 Å². The Morgan fingerprint density at radius 3 is 1.82 bits per heavy atom. The second-order valence-corrected chi connectivity index (χ2v) is 15.8. The molecule has 0 saturated carbocycles. The van der Waals surface area contributed by atoms with Gasteiger partial charge >= 0.3 is 17.4 Å². The zero-order chi connectivity index (χ0) is 36.5. The number of nitrogens with one attached hydrogen (secondary N) is 3. The van der Waals surface area contributed by atoms with E-state index >= 15 is 0 Å². The molecule has 25 heteroatoms. The number of aliphatic carboxylic acids is 2. The lowest BCUT2D eigenvalue weighted by Gasteiger charge is -2.49. The number of hydrogen-bond donors (Lipinski definition) is 6. The summed E-state index contributed by atoms with van der Waals surface area (Å²) >= 11 is 4.78. The van der Waals surface area contributed by atoms with Crippen LogP contribution in [0.2, 0.25) is 0 Å². The molecular formula is C25H27F3N10O7S5. The van der Waals surface area contributed by atoms with E-state index in [1.54, 1.807) is 13.8 Å². The number of nitrogens with zero attached hydrogens (tertiary/aromatic N) is 6. The summed E-state index contributed by atoms with van der Waals surface area (Å²) < 4.78 is 36.6. The van der Waals surface area contributed by atoms with Crippen LogP contribution in [0.25, 0.3) is 0 Å². The van der Waals surface area contributed by atoms with E-state index in [1.807, 2.05) is 0 Å². The predicted molar refractivity (Wildman–Crippen MR) is 178 cm³/mol. The van der Waals surface area contributed by atoms with Crippen LogP contribution in [0, 0.1) is 13.8 Å². The Morgan fingerprint density at radius 1 is 0.900 bits per heavy atom. The summed E-state index contributed by atoms with van der Waals surface area (Å²) in [6.07, 6.45) is 0. The maximum Gasteiger partial charge on any atom is 0.442 e. The summed E-state index contributed by atoms with van der Waals surface area (Å²) in [6.45, 7) is 3.51. The Bertz CT molecular complexity index is 1770. The number of carboxylic acid groups (broad SMARTS) is 2. The summed E-state index contributed by atoms with van der Waals surface area (Å²) in [7, 11) is 0. The fourth-order valence-electron chi connectivity index (χ4n) is 4.92. The molecule has 2 aromatic rings. The summed E-state index contributed by atoms with van der Waals surface area (Å²) in [6, 6.07) is -1.66. The van der Waals surface area contributed by atoms with Crippen LogP contribution in [-0.2, 0) is 24.0 Å². The van der Waals surface area contributed by atoms with E-state index in [4.69, 9.17) is 5.73 Å². The first-order valence-electron chi connectivity index (χ1n) is 14.1. The minimum absolute atomic E-state index is 0.0604. The van der Waals surface area contributed by atoms with E-state index in [0.29, 0.717) is 44.6 Å². The lowest BCUT2D eigenvalue weighted by Crippen LogP contribution is -2.70. The third-order valence-electron chi connectivity index (χ3n) is 7.13. The Kier molecular flexibility index (Phi) is 11.7. The number of aryl methyl sites for hydroxylation is 2. The second-order valence-electron chi connectivity index (χ2n) is 10.6. The second kappa shape index (κ2) is 15.5. The number of aromatic nitrogens is 6. The first-order chi connectivity index (χ1) is 23.6. The number of carbonyl (C=O) groups excluding carboxylic acids is 3. The van der Waals surface area contributed by atoms with Gasteiger partial charge in [-0.3, -0.25) is 34.4 Å². The number of thioether (sulfide) groups is 5. The van der Waals surface area contributed by atoms with Crippen molar-refractivity contribution in [2.75, 3.05) is 28.8 Å². The van der Waals surface area contributed by atoms with Gasteiger partial charge in [-0.15, -0.1) is 33.7 Å². The van der Waals surface area contributed by atoms with Gasteiger partial charge in [0.2, 0.25) is 22.1 Å². The zero-order valence-corrected chi connectivity index (χ0v) is 29.8. The number of β-lactam (4-membered cyclic amide) rings is 2. The molecule has 2 unspecified atom stereocenters. The molecule has 2 aromatic heterocycles. The summed E-state index contributed by atoms with van der Waals surface area (Å²) in [5.41, 5.74) is 2.22. The van der Waals surface area contributed by atoms with Crippen molar-refractivity contribution < 1.29 is 47.4 Å². The van der Waals surface area contributed by atoms with Crippen molar-refractivity contribution in [3.05, 3.63) is 34.2 Å². The average Bonchev–Trinajstić information content (AvgIpc) is 3.69. The number of rotatable bonds is 11. The molecule has 0 spiro atoms. The average molecular weight is 797 g/mol. The van der Waals surface area contributed by atoms with Gasteiger partial charge in [0.15, 0.2) is 0 Å². The summed E-state index contributed by atoms with van der Waals surface area (Å²) in [5, 5.41) is 34.6. The molecule has 17 nitrogen and oxygen atoms in total. The normalized spacial score (nSPS) is 23.0. The van der Waals surface area contributed by atoms with E-state index in [2.05, 4.69) is 35.7 Å². The maximum absolute atomic E-state index is 12.4. The molecule has 4 aliphatic heterocycles. The molecule has 0 radical (unpaired) electrons. The zero-order valence-electron chi connectivity index (χ0n) is 25.7. The highest BCUT2D eigenvalue weighted by Gasteiger charge is 2.54. The quantitative estimate of drug-likeness (QED) is 0.137. The third kappa shape index (κ3) is 8.38. The van der Waals surface area contributed by atoms with Crippen molar-refractivity contribution >= 4 is 88.5 Å². The number of hydrogen-bond acceptors (Lipinski definition) is 15. The van der Waals surface area contributed by atoms with Gasteiger partial charge in [-0.05, 0) is 36.8 Å². The summed E-state index contributed by atoms with van der Waals surface area (Å²) in [5.74, 6) is -2.37. The standard InChI is InChI=1S/C14H14F3N5O4S3.C11H13N5O3S2/c1-5-18-13(21-20-5)28-3-6-2-27-11-8(10(24)22(11)9(6)12(25)26)19-7(23)4-29-14(15,16)17;1-4-13-11(15-14-4)21-3-5-2-20-9-6(12)8(17)16(9)7(5)10(18)19/h8,11H,2-4H2,1H3,(H,19,23)(H,25,26)(H,18,20,21);6,9H,2-3,12H2,1H3,(H,18,19)(H,13,14,15)/t8?,11-;6?,9-/m11/s1. The fourth-order valence-corrected chi connectivity index (χ4v) is 9.91. The molecule has 0 aromatic carbocycles. The Hall–Kier alpha value is -3.39. The molecule has 0 bridgehead atoms. The number of aromatic amines is 2. The molecule has 4 aliphatic rings. The number of amides is 3. The number of fused-ring (bicyclic) bond motifs is 2. The molecule has 270 valence electrons. The van der Waals surface area contributed by atoms with Gasteiger partial charge in [0.1, 0.15) is 45.9 Å². The number of alkyl halides is 3. The lowest BCUT2D eigenvalue weighted by molar-refractivity contribution is -0.150. The van der Waals surface area contributed by atoms with E-state index in [9.17, 15) is 47.4 Å². The molecule has 3 amide bonds. The fraction of sp³-hybridized carbons (Fsp3) is 0.480. The van der Waals surface area contributed by atoms with Crippen LogP contribution in [0.15, 0.2) is 32.9 Å². The SMILES string of the molecule is Cc1nc(SCC2=C(C(=O)O)N3C(=O)C(N)[C@H]3SC2)n[nH]1.Cc1nc(SCC2=C(C(=O)O)N3C(=O)C(NC(=O)CSC(F)(F)F)[C@H]3SC2)n[nH]1. The maximum atomic E-state index is 12.4. The van der Waals surface area contributed by atoms with Crippen LogP contribution >= 0.6 is 58.8 Å². The highest BCUT2D eigenvalue weighted by atomic mass is 32.2. The van der Waals surface area contributed by atoms with E-state index in [0.717, 1.165) is 4.90 Å².